The summed E-state index contributed by atoms with van der Waals surface area (Å²) in [6.45, 7) is 4.21. The Balaban J connectivity index is 1.60. The molecule has 244 valence electrons. The molecule has 0 radical (unpaired) electrons. The third-order valence-electron chi connectivity index (χ3n) is 10.1. The van der Waals surface area contributed by atoms with Crippen LogP contribution in [0.3, 0.4) is 0 Å². The number of benzene rings is 3. The van der Waals surface area contributed by atoms with Crippen LogP contribution in [0.2, 0.25) is 0 Å². The minimum absolute atomic E-state index is 0.124. The number of aliphatic hydroxyl groups excluding tert-OH is 1. The Labute approximate surface area is 269 Å². The van der Waals surface area contributed by atoms with Crippen LogP contribution in [0.5, 0.6) is 23.0 Å². The highest BCUT2D eigenvalue weighted by molar-refractivity contribution is 5.86. The zero-order chi connectivity index (χ0) is 32.8. The third-order valence-corrected chi connectivity index (χ3v) is 10.1. The molecule has 2 heterocycles. The second-order valence-corrected chi connectivity index (χ2v) is 12.4. The van der Waals surface area contributed by atoms with Crippen molar-refractivity contribution in [2.45, 2.75) is 62.5 Å². The van der Waals surface area contributed by atoms with Crippen molar-refractivity contribution < 1.29 is 38.7 Å². The lowest BCUT2D eigenvalue weighted by Crippen LogP contribution is -2.58. The van der Waals surface area contributed by atoms with Gasteiger partial charge in [0, 0.05) is 30.5 Å². The van der Waals surface area contributed by atoms with Crippen LogP contribution in [0.15, 0.2) is 66.7 Å². The molecule has 2 bridgehead atoms. The summed E-state index contributed by atoms with van der Waals surface area (Å²) in [6.07, 6.45) is -0.206. The summed E-state index contributed by atoms with van der Waals surface area (Å²) in [5.41, 5.74) is -2.42. The van der Waals surface area contributed by atoms with Crippen molar-refractivity contribution >= 4 is 11.8 Å². The van der Waals surface area contributed by atoms with E-state index in [-0.39, 0.29) is 34.8 Å². The molecule has 10 heteroatoms. The van der Waals surface area contributed by atoms with E-state index in [1.165, 1.54) is 14.2 Å². The van der Waals surface area contributed by atoms with Crippen LogP contribution >= 0.6 is 0 Å². The van der Waals surface area contributed by atoms with Crippen molar-refractivity contribution in [3.8, 4) is 23.0 Å². The number of nitrogens with one attached hydrogen (secondary N) is 1. The molecule has 6 rings (SSSR count). The molecule has 2 amide bonds. The molecule has 0 spiro atoms. The first kappa shape index (κ1) is 31.7. The lowest BCUT2D eigenvalue weighted by atomic mass is 9.74. The summed E-state index contributed by atoms with van der Waals surface area (Å²) in [5.74, 6) is -1.29. The van der Waals surface area contributed by atoms with Crippen LogP contribution in [0.4, 0.5) is 0 Å². The quantitative estimate of drug-likeness (QED) is 0.323. The molecular formula is C36H42N2O8. The zero-order valence-electron chi connectivity index (χ0n) is 26.9. The zero-order valence-corrected chi connectivity index (χ0v) is 26.9. The SMILES string of the molecule is CC[C@@H](C)C(=O)N[C@H]1CCCN1C(=O)[C@@H]1[C@@H](c2ccccc2)[C@@]2(O)c3c(OC)cc(OC)cc3O[C@]1(c1ccc(OC)cc1)[C@H]2O. The monoisotopic (exact) mass is 630 g/mol. The summed E-state index contributed by atoms with van der Waals surface area (Å²) >= 11 is 0. The van der Waals surface area contributed by atoms with E-state index in [0.717, 1.165) is 0 Å². The van der Waals surface area contributed by atoms with E-state index in [2.05, 4.69) is 5.32 Å². The maximum atomic E-state index is 15.2. The van der Waals surface area contributed by atoms with E-state index < -0.39 is 35.3 Å². The number of ether oxygens (including phenoxy) is 4. The first-order chi connectivity index (χ1) is 22.1. The van der Waals surface area contributed by atoms with E-state index in [4.69, 9.17) is 18.9 Å². The Bertz CT molecular complexity index is 1600. The third kappa shape index (κ3) is 4.69. The van der Waals surface area contributed by atoms with Crippen LogP contribution in [0, 0.1) is 11.8 Å². The van der Waals surface area contributed by atoms with Gasteiger partial charge in [-0.3, -0.25) is 9.59 Å². The van der Waals surface area contributed by atoms with Gasteiger partial charge in [0.25, 0.3) is 0 Å². The van der Waals surface area contributed by atoms with Gasteiger partial charge < -0.3 is 39.4 Å². The molecule has 3 aliphatic rings. The Kier molecular flexibility index (Phi) is 8.37. The number of carbonyl (C=O) groups is 2. The van der Waals surface area contributed by atoms with Crippen LogP contribution < -0.4 is 24.3 Å². The van der Waals surface area contributed by atoms with E-state index in [1.54, 1.807) is 48.4 Å². The highest BCUT2D eigenvalue weighted by atomic mass is 16.5. The fourth-order valence-electron chi connectivity index (χ4n) is 7.61. The molecule has 1 saturated heterocycles. The molecule has 1 aliphatic carbocycles. The van der Waals surface area contributed by atoms with Gasteiger partial charge in [-0.2, -0.15) is 0 Å². The number of rotatable bonds is 9. The number of methoxy groups -OCH3 is 3. The number of nitrogens with zero attached hydrogens (tertiary/aromatic N) is 1. The summed E-state index contributed by atoms with van der Waals surface area (Å²) in [5, 5.41) is 28.8. The van der Waals surface area contributed by atoms with Crippen molar-refractivity contribution in [3.05, 3.63) is 83.4 Å². The van der Waals surface area contributed by atoms with E-state index in [0.29, 0.717) is 48.4 Å². The van der Waals surface area contributed by atoms with Gasteiger partial charge in [-0.05, 0) is 42.5 Å². The number of hydrogen-bond donors (Lipinski definition) is 3. The molecule has 0 aromatic heterocycles. The Hall–Kier alpha value is -4.28. The first-order valence-corrected chi connectivity index (χ1v) is 15.8. The van der Waals surface area contributed by atoms with Gasteiger partial charge in [-0.1, -0.05) is 56.3 Å². The maximum absolute atomic E-state index is 15.2. The van der Waals surface area contributed by atoms with Gasteiger partial charge in [0.15, 0.2) is 5.60 Å². The predicted molar refractivity (Wildman–Crippen MR) is 170 cm³/mol. The van der Waals surface area contributed by atoms with Crippen LogP contribution in [0.1, 0.15) is 55.7 Å². The average Bonchev–Trinajstić information content (AvgIpc) is 3.59. The van der Waals surface area contributed by atoms with E-state index in [9.17, 15) is 15.0 Å². The fraction of sp³-hybridized carbons (Fsp3) is 0.444. The summed E-state index contributed by atoms with van der Waals surface area (Å²) in [6, 6.07) is 19.5. The lowest BCUT2D eigenvalue weighted by molar-refractivity contribution is -0.163. The number of aliphatic hydroxyl groups is 2. The summed E-state index contributed by atoms with van der Waals surface area (Å²) < 4.78 is 23.6. The number of carbonyl (C=O) groups excluding carboxylic acids is 2. The van der Waals surface area contributed by atoms with Gasteiger partial charge in [-0.25, -0.2) is 0 Å². The summed E-state index contributed by atoms with van der Waals surface area (Å²) in [7, 11) is 4.54. The van der Waals surface area contributed by atoms with Crippen molar-refractivity contribution in [1.29, 1.82) is 0 Å². The highest BCUT2D eigenvalue weighted by Crippen LogP contribution is 2.68. The molecule has 46 heavy (non-hydrogen) atoms. The average molecular weight is 631 g/mol. The molecular weight excluding hydrogens is 588 g/mol. The van der Waals surface area contributed by atoms with Crippen LogP contribution in [-0.4, -0.2) is 67.1 Å². The number of amides is 2. The van der Waals surface area contributed by atoms with Crippen LogP contribution in [0.25, 0.3) is 0 Å². The second-order valence-electron chi connectivity index (χ2n) is 12.4. The van der Waals surface area contributed by atoms with Crippen molar-refractivity contribution in [2.24, 2.45) is 11.8 Å². The molecule has 2 aliphatic heterocycles. The number of likely N-dealkylation sites (tertiary alicyclic amines) is 1. The molecule has 10 nitrogen and oxygen atoms in total. The maximum Gasteiger partial charge on any atom is 0.232 e. The van der Waals surface area contributed by atoms with Gasteiger partial charge in [0.1, 0.15) is 40.9 Å². The highest BCUT2D eigenvalue weighted by Gasteiger charge is 2.76. The molecule has 3 aromatic carbocycles. The lowest BCUT2D eigenvalue weighted by Gasteiger charge is -2.45. The van der Waals surface area contributed by atoms with Gasteiger partial charge >= 0.3 is 0 Å². The summed E-state index contributed by atoms with van der Waals surface area (Å²) in [4.78, 5) is 29.9. The van der Waals surface area contributed by atoms with Crippen molar-refractivity contribution in [1.82, 2.24) is 10.2 Å². The predicted octanol–water partition coefficient (Wildman–Crippen LogP) is 4.07. The van der Waals surface area contributed by atoms with Crippen LogP contribution in [-0.2, 0) is 20.8 Å². The molecule has 0 unspecified atom stereocenters. The minimum atomic E-state index is -2.04. The molecule has 7 atom stereocenters. The van der Waals surface area contributed by atoms with E-state index in [1.807, 2.05) is 44.2 Å². The van der Waals surface area contributed by atoms with Gasteiger partial charge in [0.05, 0.1) is 32.8 Å². The fourth-order valence-corrected chi connectivity index (χ4v) is 7.61. The smallest absolute Gasteiger partial charge is 0.232 e. The van der Waals surface area contributed by atoms with Crippen molar-refractivity contribution in [2.75, 3.05) is 27.9 Å². The normalized spacial score (nSPS) is 28.5. The van der Waals surface area contributed by atoms with Crippen molar-refractivity contribution in [3.63, 3.8) is 0 Å². The number of hydrogen-bond acceptors (Lipinski definition) is 8. The molecule has 2 fully saturated rings. The van der Waals surface area contributed by atoms with Gasteiger partial charge in [-0.15, -0.1) is 0 Å². The number of fused-ring (bicyclic) bond motifs is 4. The first-order valence-electron chi connectivity index (χ1n) is 15.8. The molecule has 3 N–H and O–H groups in total. The second kappa shape index (κ2) is 12.1. The Morgan fingerprint density at radius 3 is 2.35 bits per heavy atom. The Morgan fingerprint density at radius 2 is 1.72 bits per heavy atom. The standard InChI is InChI=1S/C36H42N2O8/c1-6-21(2)32(39)37-28-13-10-18-38(28)33(40)31-29(22-11-8-7-9-12-22)35(42)30-26(45-5)19-25(44-4)20-27(30)46-36(31,34(35)41)23-14-16-24(43-3)17-15-23/h7-9,11-12,14-17,19-21,28-29,31,34,41-42H,6,10,13,18H2,1-5H3,(H,37,39)/t21-,28-,29-,31+,34+,35-,36+/m1/s1. The largest absolute Gasteiger partial charge is 0.497 e. The topological polar surface area (TPSA) is 127 Å². The minimum Gasteiger partial charge on any atom is -0.497 e. The molecule has 3 aromatic rings. The Morgan fingerprint density at radius 1 is 1.02 bits per heavy atom. The molecule has 1 saturated carbocycles. The van der Waals surface area contributed by atoms with Gasteiger partial charge in [0.2, 0.25) is 11.8 Å². The van der Waals surface area contributed by atoms with E-state index >= 15 is 4.79 Å².